The van der Waals surface area contributed by atoms with Crippen molar-refractivity contribution in [2.24, 2.45) is 0 Å². The average Bonchev–Trinajstić information content (AvgIpc) is 2.98. The van der Waals surface area contributed by atoms with Crippen molar-refractivity contribution >= 4 is 12.0 Å². The number of hydrogen-bond donors (Lipinski definition) is 2. The normalized spacial score (nSPS) is 24.2. The van der Waals surface area contributed by atoms with E-state index in [9.17, 15) is 19.1 Å². The van der Waals surface area contributed by atoms with Crippen LogP contribution < -0.4 is 5.32 Å². The quantitative estimate of drug-likeness (QED) is 0.834. The highest BCUT2D eigenvalue weighted by Gasteiger charge is 2.42. The molecule has 3 heterocycles. The maximum Gasteiger partial charge on any atom is 0.407 e. The van der Waals surface area contributed by atoms with Gasteiger partial charge in [0.05, 0.1) is 17.4 Å². The zero-order valence-electron chi connectivity index (χ0n) is 15.3. The number of amides is 2. The van der Waals surface area contributed by atoms with Crippen molar-refractivity contribution in [2.75, 3.05) is 13.1 Å². The molecule has 2 aromatic rings. The third-order valence-corrected chi connectivity index (χ3v) is 6.25. The van der Waals surface area contributed by atoms with Gasteiger partial charge in [-0.05, 0) is 36.5 Å². The fourth-order valence-corrected chi connectivity index (χ4v) is 4.51. The largest absolute Gasteiger partial charge is 0.465 e. The lowest BCUT2D eigenvalue weighted by molar-refractivity contribution is -0.126. The number of alkyl halides is 1. The fourth-order valence-electron chi connectivity index (χ4n) is 4.51. The summed E-state index contributed by atoms with van der Waals surface area (Å²) in [5.41, 5.74) is 3.45. The summed E-state index contributed by atoms with van der Waals surface area (Å²) in [6.07, 6.45) is 1.15. The van der Waals surface area contributed by atoms with Crippen LogP contribution in [0.1, 0.15) is 59.9 Å². The molecular formula is C20H21FN4O3. The summed E-state index contributed by atoms with van der Waals surface area (Å²) in [6, 6.07) is 7.50. The van der Waals surface area contributed by atoms with Gasteiger partial charge in [-0.25, -0.2) is 13.9 Å². The van der Waals surface area contributed by atoms with E-state index in [1.54, 1.807) is 4.68 Å². The molecule has 2 aliphatic heterocycles. The average molecular weight is 384 g/mol. The molecule has 3 aliphatic rings. The zero-order valence-corrected chi connectivity index (χ0v) is 15.3. The van der Waals surface area contributed by atoms with E-state index < -0.39 is 24.2 Å². The summed E-state index contributed by atoms with van der Waals surface area (Å²) in [4.78, 5) is 25.0. The van der Waals surface area contributed by atoms with Gasteiger partial charge in [0.2, 0.25) is 6.17 Å². The molecule has 28 heavy (non-hydrogen) atoms. The van der Waals surface area contributed by atoms with E-state index in [2.05, 4.69) is 22.5 Å². The third-order valence-electron chi connectivity index (χ3n) is 6.25. The van der Waals surface area contributed by atoms with Crippen LogP contribution in [0, 0.1) is 0 Å². The van der Waals surface area contributed by atoms with Crippen LogP contribution in [0.5, 0.6) is 0 Å². The predicted octanol–water partition coefficient (Wildman–Crippen LogP) is 2.86. The van der Waals surface area contributed by atoms with Crippen molar-refractivity contribution in [1.29, 1.82) is 0 Å². The minimum absolute atomic E-state index is 0.0315. The van der Waals surface area contributed by atoms with Crippen LogP contribution in [0.25, 0.3) is 5.69 Å². The first-order chi connectivity index (χ1) is 13.5. The number of hydrogen-bond acceptors (Lipinski definition) is 3. The van der Waals surface area contributed by atoms with E-state index in [0.29, 0.717) is 17.9 Å². The molecule has 8 heteroatoms. The van der Waals surface area contributed by atoms with Crippen molar-refractivity contribution in [3.8, 4) is 5.69 Å². The van der Waals surface area contributed by atoms with Crippen molar-refractivity contribution in [3.63, 3.8) is 0 Å². The van der Waals surface area contributed by atoms with E-state index in [4.69, 9.17) is 0 Å². The van der Waals surface area contributed by atoms with Crippen LogP contribution in [0.2, 0.25) is 0 Å². The summed E-state index contributed by atoms with van der Waals surface area (Å²) in [7, 11) is 0. The number of halogens is 1. The molecule has 5 rings (SSSR count). The van der Waals surface area contributed by atoms with Crippen molar-refractivity contribution in [3.05, 3.63) is 46.8 Å². The lowest BCUT2D eigenvalue weighted by atomic mass is 9.80. The predicted molar refractivity (Wildman–Crippen MR) is 98.2 cm³/mol. The molecule has 7 nitrogen and oxygen atoms in total. The van der Waals surface area contributed by atoms with Crippen LogP contribution in [-0.2, 0) is 11.2 Å². The Kier molecular flexibility index (Phi) is 3.89. The van der Waals surface area contributed by atoms with Crippen molar-refractivity contribution in [2.45, 2.75) is 43.8 Å². The zero-order chi connectivity index (χ0) is 19.4. The maximum absolute atomic E-state index is 14.8. The van der Waals surface area contributed by atoms with Gasteiger partial charge in [0.15, 0.2) is 0 Å². The summed E-state index contributed by atoms with van der Waals surface area (Å²) < 4.78 is 16.5. The van der Waals surface area contributed by atoms with E-state index in [-0.39, 0.29) is 18.8 Å². The summed E-state index contributed by atoms with van der Waals surface area (Å²) in [5, 5.41) is 16.5. The van der Waals surface area contributed by atoms with Crippen LogP contribution >= 0.6 is 0 Å². The van der Waals surface area contributed by atoms with Crippen LogP contribution in [0.4, 0.5) is 9.18 Å². The van der Waals surface area contributed by atoms with E-state index in [1.165, 1.54) is 29.7 Å². The second-order valence-corrected chi connectivity index (χ2v) is 7.73. The van der Waals surface area contributed by atoms with Gasteiger partial charge in [0, 0.05) is 25.1 Å². The highest BCUT2D eigenvalue weighted by Crippen LogP contribution is 2.40. The molecule has 2 atom stereocenters. The molecule has 1 fully saturated rings. The molecule has 0 saturated heterocycles. The SMILES string of the molecule is O=C1NCC2c3c(nn(-c4ccc(C5CCC5)cc4)c3CCN2C(=O)O)C1F. The van der Waals surface area contributed by atoms with Crippen molar-refractivity contribution in [1.82, 2.24) is 20.0 Å². The van der Waals surface area contributed by atoms with Gasteiger partial charge in [0.25, 0.3) is 5.91 Å². The lowest BCUT2D eigenvalue weighted by Crippen LogP contribution is -2.43. The molecule has 2 amide bonds. The van der Waals surface area contributed by atoms with Gasteiger partial charge < -0.3 is 10.4 Å². The second kappa shape index (κ2) is 6.32. The molecule has 2 N–H and O–H groups in total. The minimum Gasteiger partial charge on any atom is -0.465 e. The lowest BCUT2D eigenvalue weighted by Gasteiger charge is -2.33. The number of rotatable bonds is 2. The number of carbonyl (C=O) groups excluding carboxylic acids is 1. The number of carbonyl (C=O) groups is 2. The Balaban J connectivity index is 1.60. The Hall–Kier alpha value is -2.90. The number of aromatic nitrogens is 2. The third kappa shape index (κ3) is 2.51. The van der Waals surface area contributed by atoms with Crippen LogP contribution in [-0.4, -0.2) is 44.9 Å². The fraction of sp³-hybridized carbons (Fsp3) is 0.450. The first kappa shape index (κ1) is 17.2. The Morgan fingerprint density at radius 1 is 1.25 bits per heavy atom. The highest BCUT2D eigenvalue weighted by molar-refractivity contribution is 5.83. The highest BCUT2D eigenvalue weighted by atomic mass is 19.1. The number of nitrogens with one attached hydrogen (secondary N) is 1. The van der Waals surface area contributed by atoms with E-state index in [0.717, 1.165) is 11.4 Å². The first-order valence-corrected chi connectivity index (χ1v) is 9.68. The molecule has 1 aliphatic carbocycles. The number of benzene rings is 1. The smallest absolute Gasteiger partial charge is 0.407 e. The van der Waals surface area contributed by atoms with Crippen LogP contribution in [0.15, 0.2) is 24.3 Å². The molecule has 1 aromatic carbocycles. The number of nitrogens with zero attached hydrogens (tertiary/aromatic N) is 3. The Morgan fingerprint density at radius 2 is 2.00 bits per heavy atom. The Bertz CT molecular complexity index is 951. The summed E-state index contributed by atoms with van der Waals surface area (Å²) in [5.74, 6) is -0.151. The molecule has 0 spiro atoms. The molecule has 1 aromatic heterocycles. The van der Waals surface area contributed by atoms with Crippen LogP contribution in [0.3, 0.4) is 0 Å². The second-order valence-electron chi connectivity index (χ2n) is 7.73. The summed E-state index contributed by atoms with van der Waals surface area (Å²) >= 11 is 0. The first-order valence-electron chi connectivity index (χ1n) is 9.68. The van der Waals surface area contributed by atoms with Gasteiger partial charge in [0.1, 0.15) is 5.69 Å². The topological polar surface area (TPSA) is 87.5 Å². The minimum atomic E-state index is -1.90. The van der Waals surface area contributed by atoms with Crippen molar-refractivity contribution < 1.29 is 19.1 Å². The van der Waals surface area contributed by atoms with E-state index >= 15 is 0 Å². The Labute approximate surface area is 161 Å². The van der Waals surface area contributed by atoms with Gasteiger partial charge in [-0.15, -0.1) is 0 Å². The molecular weight excluding hydrogens is 363 g/mol. The maximum atomic E-state index is 14.8. The Morgan fingerprint density at radius 3 is 2.64 bits per heavy atom. The van der Waals surface area contributed by atoms with Gasteiger partial charge in [-0.3, -0.25) is 9.69 Å². The monoisotopic (exact) mass is 384 g/mol. The summed E-state index contributed by atoms with van der Waals surface area (Å²) in [6.45, 7) is 0.336. The molecule has 0 bridgehead atoms. The molecule has 2 unspecified atom stereocenters. The standard InChI is InChI=1S/C20H21FN4O3/c21-17-18-16-14(8-9-24(20(27)28)15(16)10-22-19(17)26)25(23-18)13-6-4-12(5-7-13)11-2-1-3-11/h4-7,11,15,17H,1-3,8-10H2,(H,22,26)(H,27,28). The molecule has 146 valence electrons. The number of carboxylic acid groups (broad SMARTS) is 1. The molecule has 1 saturated carbocycles. The van der Waals surface area contributed by atoms with Gasteiger partial charge in [-0.1, -0.05) is 18.6 Å². The van der Waals surface area contributed by atoms with E-state index in [1.807, 2.05) is 12.1 Å². The molecule has 0 radical (unpaired) electrons. The van der Waals surface area contributed by atoms with Gasteiger partial charge in [-0.2, -0.15) is 5.10 Å². The van der Waals surface area contributed by atoms with Gasteiger partial charge >= 0.3 is 6.09 Å².